The van der Waals surface area contributed by atoms with E-state index in [1.54, 1.807) is 0 Å². The van der Waals surface area contributed by atoms with E-state index in [9.17, 15) is 0 Å². The molecule has 0 atom stereocenters. The summed E-state index contributed by atoms with van der Waals surface area (Å²) in [7, 11) is 0. The molecule has 0 amide bonds. The SMILES string of the molecule is NCCCCCCN=Cc1ccc(C=NCCCCCCN)cc1. The minimum atomic E-state index is 0.799. The van der Waals surface area contributed by atoms with E-state index in [-0.39, 0.29) is 0 Å². The molecule has 134 valence electrons. The zero-order valence-electron chi connectivity index (χ0n) is 15.0. The van der Waals surface area contributed by atoms with Gasteiger partial charge in [-0.05, 0) is 49.9 Å². The minimum absolute atomic E-state index is 0.799. The van der Waals surface area contributed by atoms with E-state index in [0.717, 1.165) is 63.0 Å². The van der Waals surface area contributed by atoms with E-state index in [1.807, 2.05) is 12.4 Å². The summed E-state index contributed by atoms with van der Waals surface area (Å²) in [6, 6.07) is 8.39. The predicted molar refractivity (Wildman–Crippen MR) is 106 cm³/mol. The van der Waals surface area contributed by atoms with Crippen LogP contribution < -0.4 is 11.5 Å². The largest absolute Gasteiger partial charge is 0.330 e. The molecule has 0 aliphatic heterocycles. The first kappa shape index (κ1) is 20.5. The van der Waals surface area contributed by atoms with Crippen molar-refractivity contribution in [3.8, 4) is 0 Å². The Labute approximate surface area is 147 Å². The molecule has 1 rings (SSSR count). The first-order chi connectivity index (χ1) is 11.9. The summed E-state index contributed by atoms with van der Waals surface area (Å²) in [5.74, 6) is 0. The maximum atomic E-state index is 5.48. The highest BCUT2D eigenvalue weighted by atomic mass is 14.7. The Bertz CT molecular complexity index is 408. The van der Waals surface area contributed by atoms with Crippen LogP contribution in [0.15, 0.2) is 34.3 Å². The number of nitrogens with two attached hydrogens (primary N) is 2. The molecule has 0 heterocycles. The van der Waals surface area contributed by atoms with Gasteiger partial charge in [-0.1, -0.05) is 49.9 Å². The van der Waals surface area contributed by atoms with Gasteiger partial charge in [0.15, 0.2) is 0 Å². The highest BCUT2D eigenvalue weighted by Crippen LogP contribution is 2.03. The average Bonchev–Trinajstić information content (AvgIpc) is 2.61. The number of rotatable bonds is 14. The van der Waals surface area contributed by atoms with Gasteiger partial charge in [-0.2, -0.15) is 0 Å². The maximum absolute atomic E-state index is 5.48. The van der Waals surface area contributed by atoms with Crippen molar-refractivity contribution in [3.63, 3.8) is 0 Å². The minimum Gasteiger partial charge on any atom is -0.330 e. The maximum Gasteiger partial charge on any atom is 0.0389 e. The van der Waals surface area contributed by atoms with Gasteiger partial charge in [-0.15, -0.1) is 0 Å². The van der Waals surface area contributed by atoms with Crippen LogP contribution in [-0.2, 0) is 0 Å². The molecule has 4 heteroatoms. The molecule has 4 nitrogen and oxygen atoms in total. The van der Waals surface area contributed by atoms with Gasteiger partial charge < -0.3 is 11.5 Å². The molecule has 0 aliphatic rings. The molecule has 0 spiro atoms. The summed E-state index contributed by atoms with van der Waals surface area (Å²) >= 11 is 0. The number of aliphatic imine (C=N–C) groups is 2. The van der Waals surface area contributed by atoms with Crippen LogP contribution in [0.5, 0.6) is 0 Å². The van der Waals surface area contributed by atoms with E-state index in [1.165, 1.54) is 25.7 Å². The van der Waals surface area contributed by atoms with E-state index >= 15 is 0 Å². The first-order valence-corrected chi connectivity index (χ1v) is 9.36. The zero-order chi connectivity index (χ0) is 17.3. The Balaban J connectivity index is 2.18. The molecule has 1 aromatic rings. The molecule has 0 radical (unpaired) electrons. The fraction of sp³-hybridized carbons (Fsp3) is 0.600. The van der Waals surface area contributed by atoms with Gasteiger partial charge in [0.05, 0.1) is 0 Å². The summed E-state index contributed by atoms with van der Waals surface area (Å²) in [6.45, 7) is 3.40. The number of nitrogens with zero attached hydrogens (tertiary/aromatic N) is 2. The van der Waals surface area contributed by atoms with Crippen LogP contribution in [0.3, 0.4) is 0 Å². The topological polar surface area (TPSA) is 76.8 Å². The normalized spacial score (nSPS) is 11.8. The lowest BCUT2D eigenvalue weighted by Crippen LogP contribution is -1.97. The molecular formula is C20H34N4. The van der Waals surface area contributed by atoms with Crippen LogP contribution in [0.4, 0.5) is 0 Å². The summed E-state index contributed by atoms with van der Waals surface area (Å²) in [6.07, 6.45) is 13.3. The molecule has 0 unspecified atom stereocenters. The fourth-order valence-corrected chi connectivity index (χ4v) is 2.41. The van der Waals surface area contributed by atoms with E-state index in [4.69, 9.17) is 11.5 Å². The van der Waals surface area contributed by atoms with Crippen molar-refractivity contribution in [3.05, 3.63) is 35.4 Å². The third-order valence-electron chi connectivity index (χ3n) is 3.90. The molecule has 0 aliphatic carbocycles. The van der Waals surface area contributed by atoms with E-state index < -0.39 is 0 Å². The lowest BCUT2D eigenvalue weighted by molar-refractivity contribution is 0.654. The van der Waals surface area contributed by atoms with Crippen molar-refractivity contribution in [1.29, 1.82) is 0 Å². The van der Waals surface area contributed by atoms with Crippen molar-refractivity contribution in [2.45, 2.75) is 51.4 Å². The van der Waals surface area contributed by atoms with Gasteiger partial charge in [-0.25, -0.2) is 0 Å². The number of benzene rings is 1. The predicted octanol–water partition coefficient (Wildman–Crippen LogP) is 3.56. The lowest BCUT2D eigenvalue weighted by atomic mass is 10.1. The van der Waals surface area contributed by atoms with Crippen molar-refractivity contribution >= 4 is 12.4 Å². The van der Waals surface area contributed by atoms with Gasteiger partial charge in [0.25, 0.3) is 0 Å². The molecule has 0 bridgehead atoms. The average molecular weight is 331 g/mol. The zero-order valence-corrected chi connectivity index (χ0v) is 15.0. The van der Waals surface area contributed by atoms with E-state index in [2.05, 4.69) is 34.3 Å². The monoisotopic (exact) mass is 330 g/mol. The lowest BCUT2D eigenvalue weighted by Gasteiger charge is -1.98. The second kappa shape index (κ2) is 15.0. The molecule has 24 heavy (non-hydrogen) atoms. The first-order valence-electron chi connectivity index (χ1n) is 9.36. The van der Waals surface area contributed by atoms with Crippen LogP contribution in [-0.4, -0.2) is 38.6 Å². The number of unbranched alkanes of at least 4 members (excludes halogenated alkanes) is 6. The van der Waals surface area contributed by atoms with Crippen molar-refractivity contribution < 1.29 is 0 Å². The molecular weight excluding hydrogens is 296 g/mol. The van der Waals surface area contributed by atoms with Crippen molar-refractivity contribution in [2.24, 2.45) is 21.5 Å². The Morgan fingerprint density at radius 2 is 0.958 bits per heavy atom. The third kappa shape index (κ3) is 11.1. The number of hydrogen-bond donors (Lipinski definition) is 2. The Hall–Kier alpha value is -1.52. The quantitative estimate of drug-likeness (QED) is 0.404. The van der Waals surface area contributed by atoms with Gasteiger partial charge in [0, 0.05) is 25.5 Å². The Morgan fingerprint density at radius 1 is 0.583 bits per heavy atom. The Morgan fingerprint density at radius 3 is 1.33 bits per heavy atom. The van der Waals surface area contributed by atoms with Crippen molar-refractivity contribution in [1.82, 2.24) is 0 Å². The summed E-state index contributed by atoms with van der Waals surface area (Å²) in [5.41, 5.74) is 13.3. The summed E-state index contributed by atoms with van der Waals surface area (Å²) in [5, 5.41) is 0. The van der Waals surface area contributed by atoms with Gasteiger partial charge >= 0.3 is 0 Å². The van der Waals surface area contributed by atoms with Crippen LogP contribution in [0.1, 0.15) is 62.5 Å². The molecule has 0 saturated carbocycles. The summed E-state index contributed by atoms with van der Waals surface area (Å²) in [4.78, 5) is 8.96. The standard InChI is InChI=1S/C20H34N4/c21-13-5-1-3-7-15-23-17-19-9-11-20(12-10-19)18-24-16-8-4-2-6-14-22/h9-12,17-18H,1-8,13-16,21-22H2. The van der Waals surface area contributed by atoms with Crippen LogP contribution >= 0.6 is 0 Å². The molecule has 1 aromatic carbocycles. The number of hydrogen-bond acceptors (Lipinski definition) is 4. The Kier molecular flexibility index (Phi) is 12.9. The third-order valence-corrected chi connectivity index (χ3v) is 3.90. The second-order valence-corrected chi connectivity index (χ2v) is 6.14. The van der Waals surface area contributed by atoms with Gasteiger partial charge in [0.1, 0.15) is 0 Å². The molecule has 0 aromatic heterocycles. The molecule has 4 N–H and O–H groups in total. The fourth-order valence-electron chi connectivity index (χ4n) is 2.41. The van der Waals surface area contributed by atoms with Crippen molar-refractivity contribution in [2.75, 3.05) is 26.2 Å². The highest BCUT2D eigenvalue weighted by molar-refractivity contribution is 5.84. The summed E-state index contributed by atoms with van der Waals surface area (Å²) < 4.78 is 0. The van der Waals surface area contributed by atoms with E-state index in [0.29, 0.717) is 0 Å². The van der Waals surface area contributed by atoms with Gasteiger partial charge in [0.2, 0.25) is 0 Å². The van der Waals surface area contributed by atoms with Gasteiger partial charge in [-0.3, -0.25) is 9.98 Å². The van der Waals surface area contributed by atoms with Crippen LogP contribution in [0, 0.1) is 0 Å². The molecule has 0 fully saturated rings. The molecule has 0 saturated heterocycles. The highest BCUT2D eigenvalue weighted by Gasteiger charge is 1.91. The van der Waals surface area contributed by atoms with Crippen LogP contribution in [0.2, 0.25) is 0 Å². The van der Waals surface area contributed by atoms with Crippen LogP contribution in [0.25, 0.3) is 0 Å². The smallest absolute Gasteiger partial charge is 0.0389 e. The second-order valence-electron chi connectivity index (χ2n) is 6.14.